The average Bonchev–Trinajstić information content (AvgIpc) is 2.81. The Hall–Kier alpha value is -1.85. The zero-order chi connectivity index (χ0) is 24.4. The Bertz CT molecular complexity index is 1180. The number of pyridine rings is 1. The lowest BCUT2D eigenvalue weighted by molar-refractivity contribution is -0.671. The molecule has 2 aliphatic rings. The number of aromatic nitrogens is 1. The van der Waals surface area contributed by atoms with E-state index in [0.29, 0.717) is 32.0 Å². The third kappa shape index (κ3) is 5.52. The molecule has 0 aliphatic carbocycles. The number of hydrogen-bond donors (Lipinski definition) is 1. The number of thioether (sulfide) groups is 3. The Labute approximate surface area is 219 Å². The van der Waals surface area contributed by atoms with Crippen molar-refractivity contribution in [2.24, 2.45) is 7.05 Å². The molecule has 2 aromatic rings. The van der Waals surface area contributed by atoms with E-state index in [1.165, 1.54) is 40.2 Å². The number of nitrogens with zero attached hydrogens (tertiary/aromatic N) is 2. The first-order valence-electron chi connectivity index (χ1n) is 10.1. The summed E-state index contributed by atoms with van der Waals surface area (Å²) in [6.07, 6.45) is 3.82. The largest absolute Gasteiger partial charge is 0.543 e. The zero-order valence-electron chi connectivity index (χ0n) is 17.8. The molecule has 1 aromatic carbocycles. The van der Waals surface area contributed by atoms with Crippen LogP contribution in [0.4, 0.5) is 0 Å². The third-order valence-corrected chi connectivity index (χ3v) is 9.34. The number of amides is 2. The molecule has 1 aromatic heterocycles. The molecule has 0 saturated carbocycles. The predicted molar refractivity (Wildman–Crippen MR) is 133 cm³/mol. The molecule has 0 radical (unpaired) electrons. The summed E-state index contributed by atoms with van der Waals surface area (Å²) in [6.45, 7) is 0. The minimum Gasteiger partial charge on any atom is -0.543 e. The molecule has 1 fully saturated rings. The van der Waals surface area contributed by atoms with E-state index in [9.17, 15) is 19.5 Å². The van der Waals surface area contributed by atoms with Gasteiger partial charge in [-0.2, -0.15) is 0 Å². The SMILES string of the molecule is C[n+]1ccc(SCC2=C(C(=O)[O-])N3C(=O)[C@@H](NC(=O)CSc4cc(Cl)ccc4Cl)[C@H]3SC2)cc1. The second kappa shape index (κ2) is 10.8. The summed E-state index contributed by atoms with van der Waals surface area (Å²) in [7, 11) is 1.92. The maximum absolute atomic E-state index is 12.8. The Morgan fingerprint density at radius 3 is 2.68 bits per heavy atom. The first-order chi connectivity index (χ1) is 16.2. The van der Waals surface area contributed by atoms with Crippen LogP contribution in [-0.2, 0) is 21.4 Å². The number of aliphatic carboxylic acids is 1. The highest BCUT2D eigenvalue weighted by atomic mass is 35.5. The highest BCUT2D eigenvalue weighted by Gasteiger charge is 2.52. The molecular formula is C22H19Cl2N3O4S3. The van der Waals surface area contributed by atoms with E-state index in [1.54, 1.807) is 18.2 Å². The van der Waals surface area contributed by atoms with Crippen molar-refractivity contribution in [1.29, 1.82) is 0 Å². The summed E-state index contributed by atoms with van der Waals surface area (Å²) in [6, 6.07) is 8.07. The van der Waals surface area contributed by atoms with E-state index >= 15 is 0 Å². The van der Waals surface area contributed by atoms with Crippen LogP contribution in [0.1, 0.15) is 0 Å². The van der Waals surface area contributed by atoms with Gasteiger partial charge in [-0.1, -0.05) is 23.2 Å². The van der Waals surface area contributed by atoms with Crippen molar-refractivity contribution in [3.05, 3.63) is 64.0 Å². The highest BCUT2D eigenvalue weighted by molar-refractivity contribution is 8.01. The van der Waals surface area contributed by atoms with Gasteiger partial charge in [-0.05, 0) is 23.8 Å². The van der Waals surface area contributed by atoms with Crippen molar-refractivity contribution in [2.75, 3.05) is 17.3 Å². The van der Waals surface area contributed by atoms with E-state index in [-0.39, 0.29) is 17.4 Å². The topological polar surface area (TPSA) is 93.4 Å². The van der Waals surface area contributed by atoms with E-state index in [0.717, 1.165) is 4.90 Å². The number of halogens is 2. The van der Waals surface area contributed by atoms with Crippen LogP contribution in [0.25, 0.3) is 0 Å². The smallest absolute Gasteiger partial charge is 0.253 e. The molecular weight excluding hydrogens is 537 g/mol. The van der Waals surface area contributed by atoms with Crippen LogP contribution < -0.4 is 15.0 Å². The molecule has 7 nitrogen and oxygen atoms in total. The maximum atomic E-state index is 12.8. The number of benzene rings is 1. The fourth-order valence-electron chi connectivity index (χ4n) is 3.48. The van der Waals surface area contributed by atoms with Crippen molar-refractivity contribution in [3.8, 4) is 0 Å². The van der Waals surface area contributed by atoms with Crippen molar-refractivity contribution in [3.63, 3.8) is 0 Å². The average molecular weight is 557 g/mol. The fourth-order valence-corrected chi connectivity index (χ4v) is 7.16. The van der Waals surface area contributed by atoms with Gasteiger partial charge in [0.25, 0.3) is 5.91 Å². The molecule has 0 unspecified atom stereocenters. The monoisotopic (exact) mass is 555 g/mol. The molecule has 0 bridgehead atoms. The van der Waals surface area contributed by atoms with Crippen LogP contribution in [0.15, 0.2) is 63.8 Å². The van der Waals surface area contributed by atoms with Gasteiger partial charge < -0.3 is 15.2 Å². The van der Waals surface area contributed by atoms with Gasteiger partial charge in [0.2, 0.25) is 5.91 Å². The lowest BCUT2D eigenvalue weighted by Crippen LogP contribution is -2.71. The molecule has 12 heteroatoms. The molecule has 1 saturated heterocycles. The summed E-state index contributed by atoms with van der Waals surface area (Å²) in [4.78, 5) is 40.1. The van der Waals surface area contributed by atoms with Gasteiger partial charge in [0.15, 0.2) is 12.4 Å². The summed E-state index contributed by atoms with van der Waals surface area (Å²) in [5, 5.41) is 15.1. The number of carboxylic acid groups (broad SMARTS) is 1. The molecule has 34 heavy (non-hydrogen) atoms. The highest BCUT2D eigenvalue weighted by Crippen LogP contribution is 2.41. The minimum atomic E-state index is -1.38. The summed E-state index contributed by atoms with van der Waals surface area (Å²) < 4.78 is 1.91. The van der Waals surface area contributed by atoms with E-state index in [4.69, 9.17) is 23.2 Å². The Morgan fingerprint density at radius 1 is 1.24 bits per heavy atom. The van der Waals surface area contributed by atoms with Gasteiger partial charge in [-0.25, -0.2) is 4.57 Å². The standard InChI is InChI=1S/C22H19Cl2N3O4S3/c1-26-6-4-14(5-7-26)32-9-12-10-34-21-18(20(29)27(21)19(12)22(30)31)25-17(28)11-33-16-8-13(23)2-3-15(16)24/h2-8,18,21H,9-11H2,1H3,(H-,25,28,30,31)/t18-,21-/m1/s1. The number of aryl methyl sites for hydroxylation is 1. The zero-order valence-corrected chi connectivity index (χ0v) is 21.8. The third-order valence-electron chi connectivity index (χ3n) is 5.17. The molecule has 1 N–H and O–H groups in total. The van der Waals surface area contributed by atoms with Crippen molar-refractivity contribution in [2.45, 2.75) is 21.2 Å². The van der Waals surface area contributed by atoms with E-state index in [1.807, 2.05) is 36.1 Å². The molecule has 2 atom stereocenters. The number of hydrogen-bond acceptors (Lipinski definition) is 7. The Balaban J connectivity index is 1.38. The first kappa shape index (κ1) is 25.2. The maximum Gasteiger partial charge on any atom is 0.253 e. The van der Waals surface area contributed by atoms with Crippen LogP contribution in [0.2, 0.25) is 10.0 Å². The van der Waals surface area contributed by atoms with Gasteiger partial charge in [0, 0.05) is 38.5 Å². The van der Waals surface area contributed by atoms with Gasteiger partial charge >= 0.3 is 0 Å². The van der Waals surface area contributed by atoms with Gasteiger partial charge in [-0.15, -0.1) is 35.3 Å². The Kier molecular flexibility index (Phi) is 8.04. The Morgan fingerprint density at radius 2 is 1.97 bits per heavy atom. The number of carbonyl (C=O) groups excluding carboxylic acids is 3. The second-order valence-corrected chi connectivity index (χ2v) is 11.6. The van der Waals surface area contributed by atoms with Crippen LogP contribution in [0, 0.1) is 0 Å². The molecule has 178 valence electrons. The van der Waals surface area contributed by atoms with E-state index < -0.39 is 23.3 Å². The summed E-state index contributed by atoms with van der Waals surface area (Å²) in [5.74, 6) is -1.29. The van der Waals surface area contributed by atoms with Crippen LogP contribution in [0.5, 0.6) is 0 Å². The summed E-state index contributed by atoms with van der Waals surface area (Å²) >= 11 is 16.2. The number of fused-ring (bicyclic) bond motifs is 1. The van der Waals surface area contributed by atoms with Gasteiger partial charge in [0.1, 0.15) is 18.5 Å². The number of β-lactam (4-membered cyclic amide) rings is 1. The fraction of sp³-hybridized carbons (Fsp3) is 0.273. The predicted octanol–water partition coefficient (Wildman–Crippen LogP) is 2.11. The summed E-state index contributed by atoms with van der Waals surface area (Å²) in [5.41, 5.74) is 0.539. The van der Waals surface area contributed by atoms with Crippen LogP contribution in [-0.4, -0.2) is 51.4 Å². The quantitative estimate of drug-likeness (QED) is 0.303. The van der Waals surface area contributed by atoms with Crippen molar-refractivity contribution in [1.82, 2.24) is 10.2 Å². The minimum absolute atomic E-state index is 0.0428. The van der Waals surface area contributed by atoms with Gasteiger partial charge in [0.05, 0.1) is 22.4 Å². The molecule has 0 spiro atoms. The molecule has 2 aliphatic heterocycles. The second-order valence-electron chi connectivity index (χ2n) is 7.55. The van der Waals surface area contributed by atoms with Crippen molar-refractivity contribution < 1.29 is 24.1 Å². The molecule has 2 amide bonds. The number of nitrogens with one attached hydrogen (secondary N) is 1. The molecule has 3 heterocycles. The lowest BCUT2D eigenvalue weighted by Gasteiger charge is -2.50. The lowest BCUT2D eigenvalue weighted by atomic mass is 10.0. The number of rotatable bonds is 8. The normalized spacial score (nSPS) is 19.5. The molecule has 4 rings (SSSR count). The van der Waals surface area contributed by atoms with Gasteiger partial charge in [-0.3, -0.25) is 14.5 Å². The first-order valence-corrected chi connectivity index (χ1v) is 13.9. The number of carboxylic acids is 1. The van der Waals surface area contributed by atoms with Crippen molar-refractivity contribution >= 4 is 76.3 Å². The van der Waals surface area contributed by atoms with E-state index in [2.05, 4.69) is 5.32 Å². The number of carbonyl (C=O) groups is 3. The van der Waals surface area contributed by atoms with Crippen LogP contribution >= 0.6 is 58.5 Å². The van der Waals surface area contributed by atoms with Crippen LogP contribution in [0.3, 0.4) is 0 Å².